The van der Waals surface area contributed by atoms with E-state index in [1.807, 2.05) is 0 Å². The fourth-order valence-corrected chi connectivity index (χ4v) is 2.63. The Morgan fingerprint density at radius 2 is 1.32 bits per heavy atom. The highest BCUT2D eigenvalue weighted by atomic mass is 35.5. The lowest BCUT2D eigenvalue weighted by Gasteiger charge is -2.09. The van der Waals surface area contributed by atoms with Crippen LogP contribution in [0.5, 0.6) is 0 Å². The third kappa shape index (κ3) is 26.8. The molecule has 0 aromatic carbocycles. The third-order valence-electron chi connectivity index (χ3n) is 4.18. The molecular weight excluding hydrogens is 470 g/mol. The van der Waals surface area contributed by atoms with Gasteiger partial charge in [-0.1, -0.05) is 18.9 Å². The van der Waals surface area contributed by atoms with Crippen LogP contribution in [0.2, 0.25) is 0 Å². The number of aliphatic hydroxyl groups is 1. The maximum absolute atomic E-state index is 11.5. The monoisotopic (exact) mass is 511 g/mol. The van der Waals surface area contributed by atoms with Gasteiger partial charge in [0.1, 0.15) is 13.2 Å². The first-order valence-corrected chi connectivity index (χ1v) is 12.4. The molecule has 1 amide bonds. The summed E-state index contributed by atoms with van der Waals surface area (Å²) in [6.07, 6.45) is 7.75. The van der Waals surface area contributed by atoms with E-state index in [9.17, 15) is 9.59 Å². The van der Waals surface area contributed by atoms with Gasteiger partial charge in [0.25, 0.3) is 0 Å². The van der Waals surface area contributed by atoms with E-state index in [1.54, 1.807) is 6.08 Å². The van der Waals surface area contributed by atoms with E-state index in [2.05, 4.69) is 5.32 Å². The summed E-state index contributed by atoms with van der Waals surface area (Å²) in [4.78, 5) is 22.9. The lowest BCUT2D eigenvalue weighted by Crippen LogP contribution is -2.29. The molecule has 0 aliphatic heterocycles. The van der Waals surface area contributed by atoms with E-state index in [4.69, 9.17) is 45.1 Å². The molecule has 11 heteroatoms. The second-order valence-electron chi connectivity index (χ2n) is 7.06. The zero-order valence-electron chi connectivity index (χ0n) is 20.2. The quantitative estimate of drug-likeness (QED) is 0.0823. The van der Waals surface area contributed by atoms with Crippen molar-refractivity contribution in [1.29, 1.82) is 0 Å². The number of unbranched alkanes of at least 4 members (excludes halogenated alkanes) is 3. The molecule has 10 nitrogen and oxygen atoms in total. The van der Waals surface area contributed by atoms with Crippen LogP contribution in [-0.2, 0) is 33.2 Å². The number of carbonyl (C=O) groups excluding carboxylic acids is 2. The molecule has 0 heterocycles. The highest BCUT2D eigenvalue weighted by molar-refractivity contribution is 6.17. The summed E-state index contributed by atoms with van der Waals surface area (Å²) in [5.41, 5.74) is 0. The van der Waals surface area contributed by atoms with Crippen LogP contribution < -0.4 is 5.32 Å². The molecule has 0 atom stereocenters. The fraction of sp³-hybridized carbons (Fsp3) is 0.826. The molecule has 34 heavy (non-hydrogen) atoms. The number of alkyl carbamates (subject to hydrolysis) is 1. The number of rotatable bonds is 25. The number of halogens is 1. The Hall–Kier alpha value is -1.43. The Balaban J connectivity index is 3.24. The number of hydrogen-bond acceptors (Lipinski definition) is 9. The van der Waals surface area contributed by atoms with Crippen LogP contribution in [0.3, 0.4) is 0 Å². The predicted molar refractivity (Wildman–Crippen MR) is 128 cm³/mol. The fourth-order valence-electron chi connectivity index (χ4n) is 2.44. The first kappa shape index (κ1) is 32.6. The molecule has 0 saturated carbocycles. The van der Waals surface area contributed by atoms with Crippen molar-refractivity contribution in [2.24, 2.45) is 0 Å². The van der Waals surface area contributed by atoms with Crippen molar-refractivity contribution in [2.45, 2.75) is 38.5 Å². The number of esters is 1. The lowest BCUT2D eigenvalue weighted by atomic mass is 10.2. The first-order chi connectivity index (χ1) is 16.7. The van der Waals surface area contributed by atoms with Gasteiger partial charge >= 0.3 is 12.1 Å². The molecule has 0 aliphatic rings. The van der Waals surface area contributed by atoms with Gasteiger partial charge in [-0.2, -0.15) is 0 Å². The van der Waals surface area contributed by atoms with E-state index in [0.717, 1.165) is 38.2 Å². The third-order valence-corrected chi connectivity index (χ3v) is 4.44. The number of carbonyl (C=O) groups is 2. The second kappa shape index (κ2) is 27.8. The van der Waals surface area contributed by atoms with Crippen LogP contribution in [0, 0.1) is 0 Å². The van der Waals surface area contributed by atoms with Gasteiger partial charge in [-0.15, -0.1) is 11.6 Å². The number of alkyl halides is 1. The van der Waals surface area contributed by atoms with E-state index in [0.29, 0.717) is 52.6 Å². The van der Waals surface area contributed by atoms with Gasteiger partial charge in [0.15, 0.2) is 0 Å². The van der Waals surface area contributed by atoms with Crippen LogP contribution in [0.4, 0.5) is 4.79 Å². The van der Waals surface area contributed by atoms with Crippen molar-refractivity contribution in [2.75, 3.05) is 85.1 Å². The van der Waals surface area contributed by atoms with Gasteiger partial charge in [0, 0.05) is 32.1 Å². The Bertz CT molecular complexity index is 495. The number of amides is 1. The Morgan fingerprint density at radius 1 is 0.706 bits per heavy atom. The van der Waals surface area contributed by atoms with Crippen LogP contribution >= 0.6 is 11.6 Å². The summed E-state index contributed by atoms with van der Waals surface area (Å²) in [5, 5.41) is 11.1. The van der Waals surface area contributed by atoms with Crippen LogP contribution in [0.25, 0.3) is 0 Å². The molecule has 2 N–H and O–H groups in total. The Labute approximate surface area is 208 Å². The van der Waals surface area contributed by atoms with Gasteiger partial charge in [-0.05, 0) is 25.3 Å². The number of hydrogen-bond donors (Lipinski definition) is 2. The largest absolute Gasteiger partial charge is 0.461 e. The minimum absolute atomic E-state index is 0.0734. The van der Waals surface area contributed by atoms with Crippen molar-refractivity contribution in [1.82, 2.24) is 5.32 Å². The smallest absolute Gasteiger partial charge is 0.407 e. The molecule has 0 saturated heterocycles. The summed E-state index contributed by atoms with van der Waals surface area (Å²) >= 11 is 5.62. The first-order valence-electron chi connectivity index (χ1n) is 11.9. The normalized spacial score (nSPS) is 11.1. The van der Waals surface area contributed by atoms with Crippen molar-refractivity contribution in [3.05, 3.63) is 12.2 Å². The molecule has 0 fully saturated rings. The standard InChI is InChI=1S/C23H42ClNO9/c24-9-3-1-2-5-12-29-16-18-31-15-10-25-23(28)34-21-20-32-19-17-30-13-7-8-22(27)33-14-6-4-11-26/h4,6,26H,1-3,5,7-21H2,(H,25,28)/b6-4-. The summed E-state index contributed by atoms with van der Waals surface area (Å²) in [6.45, 7) is 4.17. The van der Waals surface area contributed by atoms with Crippen molar-refractivity contribution < 1.29 is 43.1 Å². The maximum Gasteiger partial charge on any atom is 0.407 e. The minimum atomic E-state index is -0.518. The summed E-state index contributed by atoms with van der Waals surface area (Å²) in [7, 11) is 0. The topological polar surface area (TPSA) is 122 Å². The lowest BCUT2D eigenvalue weighted by molar-refractivity contribution is -0.142. The molecular formula is C23H42ClNO9. The minimum Gasteiger partial charge on any atom is -0.461 e. The highest BCUT2D eigenvalue weighted by Gasteiger charge is 2.02. The van der Waals surface area contributed by atoms with E-state index >= 15 is 0 Å². The van der Waals surface area contributed by atoms with Gasteiger partial charge in [-0.25, -0.2) is 4.79 Å². The van der Waals surface area contributed by atoms with E-state index in [1.165, 1.54) is 6.08 Å². The number of aliphatic hydroxyl groups excluding tert-OH is 1. The molecule has 0 bridgehead atoms. The average Bonchev–Trinajstić information content (AvgIpc) is 2.83. The highest BCUT2D eigenvalue weighted by Crippen LogP contribution is 2.01. The Kier molecular flexibility index (Phi) is 26.6. The van der Waals surface area contributed by atoms with Gasteiger partial charge < -0.3 is 38.8 Å². The number of ether oxygens (including phenoxy) is 6. The predicted octanol–water partition coefficient (Wildman–Crippen LogP) is 2.45. The van der Waals surface area contributed by atoms with Crippen LogP contribution in [-0.4, -0.2) is 102 Å². The van der Waals surface area contributed by atoms with Gasteiger partial charge in [0.05, 0.1) is 46.2 Å². The van der Waals surface area contributed by atoms with Gasteiger partial charge in [0.2, 0.25) is 0 Å². The van der Waals surface area contributed by atoms with E-state index in [-0.39, 0.29) is 38.8 Å². The zero-order valence-corrected chi connectivity index (χ0v) is 20.9. The number of nitrogens with one attached hydrogen (secondary N) is 1. The molecule has 0 unspecified atom stereocenters. The average molecular weight is 512 g/mol. The van der Waals surface area contributed by atoms with Crippen molar-refractivity contribution in [3.8, 4) is 0 Å². The van der Waals surface area contributed by atoms with Crippen molar-refractivity contribution >= 4 is 23.7 Å². The summed E-state index contributed by atoms with van der Waals surface area (Å²) in [5.74, 6) is 0.411. The van der Waals surface area contributed by atoms with E-state index < -0.39 is 6.09 Å². The summed E-state index contributed by atoms with van der Waals surface area (Å²) < 4.78 is 31.4. The second-order valence-corrected chi connectivity index (χ2v) is 7.43. The molecule has 200 valence electrons. The van der Waals surface area contributed by atoms with Crippen LogP contribution in [0.15, 0.2) is 12.2 Å². The molecule has 0 aromatic rings. The zero-order chi connectivity index (χ0) is 25.0. The maximum atomic E-state index is 11.5. The Morgan fingerprint density at radius 3 is 2.03 bits per heavy atom. The van der Waals surface area contributed by atoms with Gasteiger partial charge in [-0.3, -0.25) is 4.79 Å². The SMILES string of the molecule is O=C(CCCOCCOCCOC(=O)NCCOCCOCCCCCCCl)OC/C=C\CO. The van der Waals surface area contributed by atoms with Crippen molar-refractivity contribution in [3.63, 3.8) is 0 Å². The summed E-state index contributed by atoms with van der Waals surface area (Å²) in [6, 6.07) is 0. The molecule has 0 aromatic heterocycles. The molecule has 0 radical (unpaired) electrons. The molecule has 0 aliphatic carbocycles. The molecule has 0 spiro atoms. The van der Waals surface area contributed by atoms with Crippen LogP contribution in [0.1, 0.15) is 38.5 Å². The molecule has 0 rings (SSSR count).